The second-order valence-electron chi connectivity index (χ2n) is 5.44. The van der Waals surface area contributed by atoms with Crippen molar-refractivity contribution in [3.63, 3.8) is 0 Å². The SMILES string of the molecule is C[C@@H](NC(=O)c1ccc(C2SCCS2)cc1)c1ccc(Br)cc1. The van der Waals surface area contributed by atoms with Crippen LogP contribution in [0, 0.1) is 0 Å². The number of hydrogen-bond acceptors (Lipinski definition) is 3. The minimum atomic E-state index is -0.0290. The summed E-state index contributed by atoms with van der Waals surface area (Å²) in [6.07, 6.45) is 0. The predicted octanol–water partition coefficient (Wildman–Crippen LogP) is 5.42. The Bertz CT molecular complexity index is 666. The van der Waals surface area contributed by atoms with E-state index in [1.54, 1.807) is 0 Å². The molecular weight excluding hydrogens is 390 g/mol. The van der Waals surface area contributed by atoms with Gasteiger partial charge in [-0.1, -0.05) is 40.2 Å². The molecule has 5 heteroatoms. The Hall–Kier alpha value is -0.910. The predicted molar refractivity (Wildman–Crippen MR) is 104 cm³/mol. The molecule has 0 aromatic heterocycles. The van der Waals surface area contributed by atoms with Crippen molar-refractivity contribution in [2.75, 3.05) is 11.5 Å². The zero-order valence-corrected chi connectivity index (χ0v) is 16.0. The topological polar surface area (TPSA) is 29.1 Å². The monoisotopic (exact) mass is 407 g/mol. The van der Waals surface area contributed by atoms with Gasteiger partial charge in [-0.25, -0.2) is 0 Å². The summed E-state index contributed by atoms with van der Waals surface area (Å²) in [5.41, 5.74) is 3.11. The number of carbonyl (C=O) groups excluding carboxylic acids is 1. The Kier molecular flexibility index (Phi) is 5.72. The molecule has 23 heavy (non-hydrogen) atoms. The lowest BCUT2D eigenvalue weighted by Gasteiger charge is -2.15. The normalized spacial score (nSPS) is 16.3. The van der Waals surface area contributed by atoms with Gasteiger partial charge in [0.25, 0.3) is 5.91 Å². The van der Waals surface area contributed by atoms with Gasteiger partial charge in [0.1, 0.15) is 0 Å². The molecule has 0 radical (unpaired) electrons. The first-order valence-corrected chi connectivity index (χ1v) is 10.4. The minimum absolute atomic E-state index is 0.0174. The molecule has 2 aromatic carbocycles. The van der Waals surface area contributed by atoms with Crippen molar-refractivity contribution in [1.82, 2.24) is 5.32 Å². The smallest absolute Gasteiger partial charge is 0.251 e. The molecule has 0 spiro atoms. The Labute approximate surface area is 153 Å². The minimum Gasteiger partial charge on any atom is -0.346 e. The molecule has 120 valence electrons. The van der Waals surface area contributed by atoms with Crippen LogP contribution in [0.3, 0.4) is 0 Å². The highest BCUT2D eigenvalue weighted by Crippen LogP contribution is 2.45. The van der Waals surface area contributed by atoms with Gasteiger partial charge in [0, 0.05) is 21.5 Å². The highest BCUT2D eigenvalue weighted by molar-refractivity contribution is 9.10. The van der Waals surface area contributed by atoms with E-state index in [0.29, 0.717) is 10.1 Å². The van der Waals surface area contributed by atoms with Crippen LogP contribution in [-0.4, -0.2) is 17.4 Å². The van der Waals surface area contributed by atoms with Crippen molar-refractivity contribution >= 4 is 45.4 Å². The van der Waals surface area contributed by atoms with Crippen molar-refractivity contribution < 1.29 is 4.79 Å². The van der Waals surface area contributed by atoms with Gasteiger partial charge in [0.2, 0.25) is 0 Å². The number of nitrogens with one attached hydrogen (secondary N) is 1. The molecule has 1 aliphatic heterocycles. The van der Waals surface area contributed by atoms with Crippen LogP contribution in [0.2, 0.25) is 0 Å². The lowest BCUT2D eigenvalue weighted by molar-refractivity contribution is 0.0940. The van der Waals surface area contributed by atoms with Gasteiger partial charge in [-0.3, -0.25) is 4.79 Å². The fraction of sp³-hybridized carbons (Fsp3) is 0.278. The third kappa shape index (κ3) is 4.34. The van der Waals surface area contributed by atoms with Crippen molar-refractivity contribution in [1.29, 1.82) is 0 Å². The Morgan fingerprint density at radius 2 is 1.70 bits per heavy atom. The summed E-state index contributed by atoms with van der Waals surface area (Å²) >= 11 is 7.38. The average Bonchev–Trinajstić information content (AvgIpc) is 3.10. The number of hydrogen-bond donors (Lipinski definition) is 1. The first-order chi connectivity index (χ1) is 11.1. The van der Waals surface area contributed by atoms with Crippen molar-refractivity contribution in [3.8, 4) is 0 Å². The molecule has 2 aromatic rings. The average molecular weight is 408 g/mol. The second kappa shape index (κ2) is 7.77. The molecule has 1 fully saturated rings. The fourth-order valence-electron chi connectivity index (χ4n) is 2.46. The van der Waals surface area contributed by atoms with E-state index in [0.717, 1.165) is 10.0 Å². The molecule has 1 amide bonds. The zero-order chi connectivity index (χ0) is 16.2. The Morgan fingerprint density at radius 3 is 2.30 bits per heavy atom. The number of halogens is 1. The highest BCUT2D eigenvalue weighted by atomic mass is 79.9. The highest BCUT2D eigenvalue weighted by Gasteiger charge is 2.18. The van der Waals surface area contributed by atoms with Gasteiger partial charge >= 0.3 is 0 Å². The molecule has 1 aliphatic rings. The van der Waals surface area contributed by atoms with Crippen LogP contribution in [-0.2, 0) is 0 Å². The summed E-state index contributed by atoms with van der Waals surface area (Å²) in [6, 6.07) is 16.0. The summed E-state index contributed by atoms with van der Waals surface area (Å²) in [5.74, 6) is 2.39. The van der Waals surface area contributed by atoms with Gasteiger partial charge in [0.15, 0.2) is 0 Å². The van der Waals surface area contributed by atoms with Crippen LogP contribution in [0.15, 0.2) is 53.0 Å². The van der Waals surface area contributed by atoms with Gasteiger partial charge in [-0.15, -0.1) is 23.5 Å². The lowest BCUT2D eigenvalue weighted by Crippen LogP contribution is -2.26. The van der Waals surface area contributed by atoms with Gasteiger partial charge in [-0.2, -0.15) is 0 Å². The van der Waals surface area contributed by atoms with Gasteiger partial charge in [0.05, 0.1) is 10.6 Å². The van der Waals surface area contributed by atoms with E-state index in [-0.39, 0.29) is 11.9 Å². The van der Waals surface area contributed by atoms with E-state index < -0.39 is 0 Å². The van der Waals surface area contributed by atoms with Gasteiger partial charge in [-0.05, 0) is 42.3 Å². The third-order valence-corrected chi connectivity index (χ3v) is 7.42. The molecule has 3 rings (SSSR count). The number of benzene rings is 2. The van der Waals surface area contributed by atoms with E-state index in [2.05, 4.69) is 33.4 Å². The number of thioether (sulfide) groups is 2. The maximum absolute atomic E-state index is 12.4. The molecule has 0 unspecified atom stereocenters. The van der Waals surface area contributed by atoms with Crippen LogP contribution >= 0.6 is 39.5 Å². The Balaban J connectivity index is 1.64. The van der Waals surface area contributed by atoms with Crippen LogP contribution in [0.25, 0.3) is 0 Å². The molecule has 1 atom stereocenters. The standard InChI is InChI=1S/C18H18BrNOS2/c1-12(13-6-8-16(19)9-7-13)20-17(21)14-2-4-15(5-3-14)18-22-10-11-23-18/h2-9,12,18H,10-11H2,1H3,(H,20,21)/t12-/m1/s1. The first-order valence-electron chi connectivity index (χ1n) is 7.53. The summed E-state index contributed by atoms with van der Waals surface area (Å²) in [7, 11) is 0. The van der Waals surface area contributed by atoms with Crippen molar-refractivity contribution in [3.05, 3.63) is 69.7 Å². The lowest BCUT2D eigenvalue weighted by atomic mass is 10.1. The van der Waals surface area contributed by atoms with E-state index >= 15 is 0 Å². The maximum Gasteiger partial charge on any atom is 0.251 e. The molecule has 2 nitrogen and oxygen atoms in total. The fourth-order valence-corrected chi connectivity index (χ4v) is 5.58. The Morgan fingerprint density at radius 1 is 1.09 bits per heavy atom. The van der Waals surface area contributed by atoms with Crippen LogP contribution < -0.4 is 5.32 Å². The first kappa shape index (κ1) is 16.9. The molecule has 1 N–H and O–H groups in total. The molecule has 0 bridgehead atoms. The molecule has 0 saturated carbocycles. The number of carbonyl (C=O) groups is 1. The second-order valence-corrected chi connectivity index (χ2v) is 9.08. The molecular formula is C18H18BrNOS2. The largest absolute Gasteiger partial charge is 0.346 e. The summed E-state index contributed by atoms with van der Waals surface area (Å²) in [5, 5.41) is 3.06. The summed E-state index contributed by atoms with van der Waals surface area (Å²) in [6.45, 7) is 2.00. The third-order valence-electron chi connectivity index (χ3n) is 3.78. The summed E-state index contributed by atoms with van der Waals surface area (Å²) < 4.78 is 1.56. The maximum atomic E-state index is 12.4. The van der Waals surface area contributed by atoms with Crippen LogP contribution in [0.1, 0.15) is 39.0 Å². The van der Waals surface area contributed by atoms with Crippen molar-refractivity contribution in [2.24, 2.45) is 0 Å². The zero-order valence-electron chi connectivity index (χ0n) is 12.8. The van der Waals surface area contributed by atoms with Crippen LogP contribution in [0.4, 0.5) is 0 Å². The van der Waals surface area contributed by atoms with Crippen LogP contribution in [0.5, 0.6) is 0 Å². The van der Waals surface area contributed by atoms with Gasteiger partial charge < -0.3 is 5.32 Å². The molecule has 0 aliphatic carbocycles. The number of rotatable bonds is 4. The quantitative estimate of drug-likeness (QED) is 0.733. The van der Waals surface area contributed by atoms with Crippen molar-refractivity contribution in [2.45, 2.75) is 17.5 Å². The molecule has 1 saturated heterocycles. The van der Waals surface area contributed by atoms with E-state index in [9.17, 15) is 4.79 Å². The van der Waals surface area contributed by atoms with E-state index in [1.807, 2.05) is 66.8 Å². The van der Waals surface area contributed by atoms with E-state index in [4.69, 9.17) is 0 Å². The number of amides is 1. The van der Waals surface area contributed by atoms with E-state index in [1.165, 1.54) is 17.1 Å². The molecule has 1 heterocycles. The summed E-state index contributed by atoms with van der Waals surface area (Å²) in [4.78, 5) is 12.4.